The molecule has 0 radical (unpaired) electrons. The van der Waals surface area contributed by atoms with Crippen molar-refractivity contribution >= 4 is 0 Å². The highest BCUT2D eigenvalue weighted by Gasteiger charge is 2.27. The molecule has 0 amide bonds. The van der Waals surface area contributed by atoms with E-state index in [0.29, 0.717) is 25.2 Å². The zero-order valence-corrected chi connectivity index (χ0v) is 15.8. The van der Waals surface area contributed by atoms with E-state index in [9.17, 15) is 0 Å². The summed E-state index contributed by atoms with van der Waals surface area (Å²) in [4.78, 5) is 0. The van der Waals surface area contributed by atoms with E-state index in [-0.39, 0.29) is 0 Å². The molecule has 0 fully saturated rings. The van der Waals surface area contributed by atoms with Gasteiger partial charge in [0.05, 0.1) is 19.8 Å². The highest BCUT2D eigenvalue weighted by molar-refractivity contribution is 5.50. The van der Waals surface area contributed by atoms with Crippen LogP contribution in [0.1, 0.15) is 61.9 Å². The van der Waals surface area contributed by atoms with Gasteiger partial charge in [0, 0.05) is 17.5 Å². The lowest BCUT2D eigenvalue weighted by Gasteiger charge is -2.26. The van der Waals surface area contributed by atoms with Gasteiger partial charge in [0.15, 0.2) is 11.5 Å². The molecule has 1 aliphatic rings. The quantitative estimate of drug-likeness (QED) is 0.868. The van der Waals surface area contributed by atoms with Crippen LogP contribution in [0.3, 0.4) is 0 Å². The van der Waals surface area contributed by atoms with Gasteiger partial charge in [-0.2, -0.15) is 0 Å². The van der Waals surface area contributed by atoms with Gasteiger partial charge in [-0.3, -0.25) is 0 Å². The molecule has 1 heterocycles. The molecule has 25 heavy (non-hydrogen) atoms. The molecule has 2 N–H and O–H groups in total. The van der Waals surface area contributed by atoms with Crippen LogP contribution >= 0.6 is 0 Å². The van der Waals surface area contributed by atoms with Crippen molar-refractivity contribution in [2.75, 3.05) is 19.8 Å². The largest absolute Gasteiger partial charge is 0.490 e. The summed E-state index contributed by atoms with van der Waals surface area (Å²) in [6.45, 7) is 10.9. The van der Waals surface area contributed by atoms with Crippen LogP contribution in [0, 0.1) is 0 Å². The van der Waals surface area contributed by atoms with E-state index in [4.69, 9.17) is 9.47 Å². The molecule has 3 nitrogen and oxygen atoms in total. The number of benzene rings is 2. The summed E-state index contributed by atoms with van der Waals surface area (Å²) in [5.74, 6) is 2.30. The van der Waals surface area contributed by atoms with E-state index in [1.165, 1.54) is 22.3 Å². The van der Waals surface area contributed by atoms with E-state index in [0.717, 1.165) is 24.5 Å². The van der Waals surface area contributed by atoms with Crippen molar-refractivity contribution in [2.24, 2.45) is 0 Å². The number of ether oxygens (including phenoxy) is 2. The Bertz CT molecular complexity index is 707. The van der Waals surface area contributed by atoms with Gasteiger partial charge >= 0.3 is 0 Å². The Morgan fingerprint density at radius 2 is 1.64 bits per heavy atom. The summed E-state index contributed by atoms with van der Waals surface area (Å²) >= 11 is 0. The van der Waals surface area contributed by atoms with Gasteiger partial charge in [0.25, 0.3) is 0 Å². The van der Waals surface area contributed by atoms with Crippen molar-refractivity contribution in [3.05, 3.63) is 58.7 Å². The monoisotopic (exact) mass is 340 g/mol. The zero-order valence-electron chi connectivity index (χ0n) is 15.8. The molecule has 2 aromatic rings. The molecule has 0 bridgehead atoms. The van der Waals surface area contributed by atoms with Gasteiger partial charge in [-0.15, -0.1) is 0 Å². The van der Waals surface area contributed by atoms with Crippen molar-refractivity contribution < 1.29 is 14.8 Å². The predicted molar refractivity (Wildman–Crippen MR) is 102 cm³/mol. The molecule has 0 unspecified atom stereocenters. The lowest BCUT2D eigenvalue weighted by Crippen LogP contribution is -2.87. The Balaban J connectivity index is 1.98. The van der Waals surface area contributed by atoms with Crippen LogP contribution in [0.2, 0.25) is 0 Å². The first kappa shape index (κ1) is 17.8. The SMILES string of the molecule is CCOc1cc2c(cc1OCC)[C@H](c1ccc(C(C)C)cc1)[NH2+]CC2. The minimum absolute atomic E-state index is 0.333. The number of rotatable bonds is 6. The Kier molecular flexibility index (Phi) is 5.64. The highest BCUT2D eigenvalue weighted by atomic mass is 16.5. The van der Waals surface area contributed by atoms with Crippen molar-refractivity contribution in [2.45, 2.75) is 46.1 Å². The standard InChI is InChI=1S/C22H29NO2/c1-5-24-20-13-18-11-12-23-22(19(18)14-21(20)25-6-2)17-9-7-16(8-10-17)15(3)4/h7-10,13-15,22-23H,5-6,11-12H2,1-4H3/p+1/t22-/m0/s1. The molecule has 0 spiro atoms. The third-order valence-corrected chi connectivity index (χ3v) is 4.92. The summed E-state index contributed by atoms with van der Waals surface area (Å²) in [5.41, 5.74) is 5.49. The number of nitrogens with two attached hydrogens (primary N) is 1. The Labute approximate surface area is 151 Å². The van der Waals surface area contributed by atoms with E-state index in [1.807, 2.05) is 13.8 Å². The second-order valence-electron chi connectivity index (χ2n) is 6.94. The second kappa shape index (κ2) is 7.92. The van der Waals surface area contributed by atoms with E-state index >= 15 is 0 Å². The van der Waals surface area contributed by atoms with Crippen molar-refractivity contribution in [3.8, 4) is 11.5 Å². The Morgan fingerprint density at radius 1 is 1.00 bits per heavy atom. The molecule has 1 atom stereocenters. The van der Waals surface area contributed by atoms with E-state index in [1.54, 1.807) is 0 Å². The van der Waals surface area contributed by atoms with Crippen molar-refractivity contribution in [1.29, 1.82) is 0 Å². The smallest absolute Gasteiger partial charge is 0.161 e. The fraction of sp³-hybridized carbons (Fsp3) is 0.455. The van der Waals surface area contributed by atoms with Gasteiger partial charge < -0.3 is 14.8 Å². The summed E-state index contributed by atoms with van der Waals surface area (Å²) in [6, 6.07) is 13.8. The summed E-state index contributed by atoms with van der Waals surface area (Å²) in [7, 11) is 0. The third kappa shape index (κ3) is 3.82. The second-order valence-corrected chi connectivity index (χ2v) is 6.94. The first-order valence-corrected chi connectivity index (χ1v) is 9.49. The van der Waals surface area contributed by atoms with Gasteiger partial charge in [0.2, 0.25) is 0 Å². The average Bonchev–Trinajstić information content (AvgIpc) is 2.62. The molecule has 3 heteroatoms. The normalized spacial score (nSPS) is 16.6. The van der Waals surface area contributed by atoms with Crippen LogP contribution in [0.25, 0.3) is 0 Å². The van der Waals surface area contributed by atoms with Gasteiger partial charge in [-0.05, 0) is 43.0 Å². The molecule has 0 saturated heterocycles. The molecule has 1 aliphatic heterocycles. The molecule has 0 saturated carbocycles. The third-order valence-electron chi connectivity index (χ3n) is 4.92. The van der Waals surface area contributed by atoms with Crippen LogP contribution in [-0.4, -0.2) is 19.8 Å². The van der Waals surface area contributed by atoms with Gasteiger partial charge in [-0.1, -0.05) is 38.1 Å². The first-order chi connectivity index (χ1) is 12.1. The number of fused-ring (bicyclic) bond motifs is 1. The summed E-state index contributed by atoms with van der Waals surface area (Å²) in [5, 5.41) is 2.43. The topological polar surface area (TPSA) is 35.1 Å². The fourth-order valence-electron chi connectivity index (χ4n) is 3.60. The molecular weight excluding hydrogens is 310 g/mol. The zero-order chi connectivity index (χ0) is 17.8. The maximum Gasteiger partial charge on any atom is 0.161 e. The van der Waals surface area contributed by atoms with Crippen LogP contribution in [-0.2, 0) is 6.42 Å². The first-order valence-electron chi connectivity index (χ1n) is 9.49. The molecule has 2 aromatic carbocycles. The average molecular weight is 340 g/mol. The van der Waals surface area contributed by atoms with Crippen molar-refractivity contribution in [1.82, 2.24) is 0 Å². The molecular formula is C22H30NO2+. The maximum absolute atomic E-state index is 5.85. The predicted octanol–water partition coefficient (Wildman–Crippen LogP) is 3.82. The Morgan fingerprint density at radius 3 is 2.24 bits per heavy atom. The molecule has 0 aliphatic carbocycles. The van der Waals surface area contributed by atoms with Crippen LogP contribution < -0.4 is 14.8 Å². The summed E-state index contributed by atoms with van der Waals surface area (Å²) in [6.07, 6.45) is 1.07. The van der Waals surface area contributed by atoms with Gasteiger partial charge in [-0.25, -0.2) is 0 Å². The highest BCUT2D eigenvalue weighted by Crippen LogP contribution is 2.36. The lowest BCUT2D eigenvalue weighted by atomic mass is 9.88. The number of hydrogen-bond donors (Lipinski definition) is 1. The minimum atomic E-state index is 0.333. The van der Waals surface area contributed by atoms with Gasteiger partial charge in [0.1, 0.15) is 6.04 Å². The minimum Gasteiger partial charge on any atom is -0.490 e. The van der Waals surface area contributed by atoms with E-state index < -0.39 is 0 Å². The number of hydrogen-bond acceptors (Lipinski definition) is 2. The van der Waals surface area contributed by atoms with E-state index in [2.05, 4.69) is 55.6 Å². The summed E-state index contributed by atoms with van der Waals surface area (Å²) < 4.78 is 11.7. The fourth-order valence-corrected chi connectivity index (χ4v) is 3.60. The number of quaternary nitrogens is 1. The molecule has 3 rings (SSSR count). The molecule has 0 aromatic heterocycles. The van der Waals surface area contributed by atoms with Crippen LogP contribution in [0.15, 0.2) is 36.4 Å². The molecule has 134 valence electrons. The Hall–Kier alpha value is -2.00. The lowest BCUT2D eigenvalue weighted by molar-refractivity contribution is -0.690. The van der Waals surface area contributed by atoms with Crippen LogP contribution in [0.4, 0.5) is 0 Å². The maximum atomic E-state index is 5.85. The van der Waals surface area contributed by atoms with Crippen LogP contribution in [0.5, 0.6) is 11.5 Å². The van der Waals surface area contributed by atoms with Crippen molar-refractivity contribution in [3.63, 3.8) is 0 Å².